The lowest BCUT2D eigenvalue weighted by Gasteiger charge is -2.26. The SMILES string of the molecule is CCC(N)(CC)CNC(=O)Cc1ccc([N+](=O)[O-])cc1. The number of benzene rings is 1. The van der Waals surface area contributed by atoms with E-state index in [1.807, 2.05) is 13.8 Å². The van der Waals surface area contributed by atoms with Gasteiger partial charge in [-0.05, 0) is 18.4 Å². The van der Waals surface area contributed by atoms with Crippen LogP contribution in [0.5, 0.6) is 0 Å². The van der Waals surface area contributed by atoms with E-state index in [4.69, 9.17) is 5.73 Å². The zero-order valence-electron chi connectivity index (χ0n) is 11.9. The first-order chi connectivity index (χ1) is 9.40. The number of nitrogens with zero attached hydrogens (tertiary/aromatic N) is 1. The highest BCUT2D eigenvalue weighted by Gasteiger charge is 2.20. The van der Waals surface area contributed by atoms with Gasteiger partial charge in [-0.3, -0.25) is 14.9 Å². The fourth-order valence-electron chi connectivity index (χ4n) is 1.76. The lowest BCUT2D eigenvalue weighted by molar-refractivity contribution is -0.384. The summed E-state index contributed by atoms with van der Waals surface area (Å²) < 4.78 is 0. The van der Waals surface area contributed by atoms with Crippen LogP contribution in [0, 0.1) is 10.1 Å². The van der Waals surface area contributed by atoms with E-state index in [2.05, 4.69) is 5.32 Å². The summed E-state index contributed by atoms with van der Waals surface area (Å²) in [6, 6.07) is 5.97. The van der Waals surface area contributed by atoms with Crippen molar-refractivity contribution in [3.63, 3.8) is 0 Å². The predicted molar refractivity (Wildman–Crippen MR) is 77.3 cm³/mol. The first-order valence-electron chi connectivity index (χ1n) is 6.69. The van der Waals surface area contributed by atoms with E-state index in [9.17, 15) is 14.9 Å². The first-order valence-corrected chi connectivity index (χ1v) is 6.69. The Morgan fingerprint density at radius 2 is 1.85 bits per heavy atom. The number of nitrogens with two attached hydrogens (primary N) is 1. The Balaban J connectivity index is 2.52. The average Bonchev–Trinajstić information content (AvgIpc) is 2.45. The van der Waals surface area contributed by atoms with Crippen LogP contribution in [0.3, 0.4) is 0 Å². The number of non-ortho nitro benzene ring substituents is 1. The van der Waals surface area contributed by atoms with E-state index in [0.717, 1.165) is 18.4 Å². The quantitative estimate of drug-likeness (QED) is 0.587. The van der Waals surface area contributed by atoms with Crippen LogP contribution in [-0.4, -0.2) is 22.9 Å². The van der Waals surface area contributed by atoms with Crippen LogP contribution in [0.1, 0.15) is 32.3 Å². The van der Waals surface area contributed by atoms with Crippen LogP contribution in [0.25, 0.3) is 0 Å². The van der Waals surface area contributed by atoms with Gasteiger partial charge in [-0.25, -0.2) is 0 Å². The van der Waals surface area contributed by atoms with Crippen molar-refractivity contribution in [1.29, 1.82) is 0 Å². The summed E-state index contributed by atoms with van der Waals surface area (Å²) in [6.45, 7) is 4.42. The monoisotopic (exact) mass is 279 g/mol. The molecule has 0 atom stereocenters. The molecule has 3 N–H and O–H groups in total. The van der Waals surface area contributed by atoms with Gasteiger partial charge in [-0.1, -0.05) is 26.0 Å². The minimum atomic E-state index is -0.463. The maximum atomic E-state index is 11.8. The molecule has 0 fully saturated rings. The highest BCUT2D eigenvalue weighted by Crippen LogP contribution is 2.13. The highest BCUT2D eigenvalue weighted by atomic mass is 16.6. The number of carbonyl (C=O) groups excluding carboxylic acids is 1. The molecule has 110 valence electrons. The van der Waals surface area contributed by atoms with Crippen LogP contribution in [0.15, 0.2) is 24.3 Å². The number of carbonyl (C=O) groups is 1. The third-order valence-electron chi connectivity index (χ3n) is 3.56. The number of amides is 1. The van der Waals surface area contributed by atoms with Crippen molar-refractivity contribution in [3.8, 4) is 0 Å². The summed E-state index contributed by atoms with van der Waals surface area (Å²) in [5.41, 5.74) is 6.49. The van der Waals surface area contributed by atoms with Crippen LogP contribution in [0.2, 0.25) is 0 Å². The van der Waals surface area contributed by atoms with Gasteiger partial charge >= 0.3 is 0 Å². The molecule has 1 rings (SSSR count). The van der Waals surface area contributed by atoms with Gasteiger partial charge < -0.3 is 11.1 Å². The van der Waals surface area contributed by atoms with Crippen molar-refractivity contribution >= 4 is 11.6 Å². The van der Waals surface area contributed by atoms with Crippen molar-refractivity contribution < 1.29 is 9.72 Å². The average molecular weight is 279 g/mol. The van der Waals surface area contributed by atoms with Crippen molar-refractivity contribution in [1.82, 2.24) is 5.32 Å². The minimum absolute atomic E-state index is 0.0205. The predicted octanol–water partition coefficient (Wildman–Crippen LogP) is 1.77. The van der Waals surface area contributed by atoms with Gasteiger partial charge in [0.15, 0.2) is 0 Å². The fourth-order valence-corrected chi connectivity index (χ4v) is 1.76. The van der Waals surface area contributed by atoms with Gasteiger partial charge in [0.2, 0.25) is 5.91 Å². The lowest BCUT2D eigenvalue weighted by Crippen LogP contribution is -2.49. The second-order valence-electron chi connectivity index (χ2n) is 4.95. The maximum Gasteiger partial charge on any atom is 0.269 e. The van der Waals surface area contributed by atoms with Crippen LogP contribution < -0.4 is 11.1 Å². The number of nitro groups is 1. The zero-order valence-corrected chi connectivity index (χ0v) is 11.9. The van der Waals surface area contributed by atoms with E-state index in [1.165, 1.54) is 12.1 Å². The van der Waals surface area contributed by atoms with E-state index in [1.54, 1.807) is 12.1 Å². The normalized spacial score (nSPS) is 11.2. The number of nitro benzene ring substituents is 1. The summed E-state index contributed by atoms with van der Waals surface area (Å²) >= 11 is 0. The summed E-state index contributed by atoms with van der Waals surface area (Å²) in [7, 11) is 0. The molecule has 0 heterocycles. The largest absolute Gasteiger partial charge is 0.354 e. The van der Waals surface area contributed by atoms with Crippen molar-refractivity contribution in [3.05, 3.63) is 39.9 Å². The Hall–Kier alpha value is -1.95. The fraction of sp³-hybridized carbons (Fsp3) is 0.500. The standard InChI is InChI=1S/C14H21N3O3/c1-3-14(15,4-2)10-16-13(18)9-11-5-7-12(8-6-11)17(19)20/h5-8H,3-4,9-10,15H2,1-2H3,(H,16,18). The van der Waals surface area contributed by atoms with E-state index in [-0.39, 0.29) is 23.6 Å². The third-order valence-corrected chi connectivity index (χ3v) is 3.56. The Morgan fingerprint density at radius 1 is 1.30 bits per heavy atom. The molecule has 0 unspecified atom stereocenters. The van der Waals surface area contributed by atoms with E-state index in [0.29, 0.717) is 6.54 Å². The summed E-state index contributed by atoms with van der Waals surface area (Å²) in [6.07, 6.45) is 1.78. The molecular formula is C14H21N3O3. The van der Waals surface area contributed by atoms with Crippen molar-refractivity contribution in [2.24, 2.45) is 5.73 Å². The molecule has 0 saturated heterocycles. The molecule has 0 aromatic heterocycles. The molecule has 0 spiro atoms. The summed E-state index contributed by atoms with van der Waals surface area (Å²) in [4.78, 5) is 21.9. The molecule has 0 aliphatic heterocycles. The molecule has 1 aromatic rings. The van der Waals surface area contributed by atoms with Gasteiger partial charge in [0.05, 0.1) is 11.3 Å². The Kier molecular flexibility index (Phi) is 5.64. The number of hydrogen-bond donors (Lipinski definition) is 2. The van der Waals surface area contributed by atoms with Gasteiger partial charge in [0.25, 0.3) is 5.69 Å². The smallest absolute Gasteiger partial charge is 0.269 e. The molecule has 0 radical (unpaired) electrons. The number of nitrogens with one attached hydrogen (secondary N) is 1. The number of hydrogen-bond acceptors (Lipinski definition) is 4. The topological polar surface area (TPSA) is 98.3 Å². The van der Waals surface area contributed by atoms with Gasteiger partial charge in [0.1, 0.15) is 0 Å². The Morgan fingerprint density at radius 3 is 2.30 bits per heavy atom. The van der Waals surface area contributed by atoms with E-state index >= 15 is 0 Å². The van der Waals surface area contributed by atoms with Gasteiger partial charge in [0, 0.05) is 24.2 Å². The molecule has 0 aliphatic rings. The van der Waals surface area contributed by atoms with Crippen LogP contribution >= 0.6 is 0 Å². The molecule has 6 heteroatoms. The lowest BCUT2D eigenvalue weighted by atomic mass is 9.94. The molecule has 20 heavy (non-hydrogen) atoms. The Labute approximate surface area is 118 Å². The molecule has 6 nitrogen and oxygen atoms in total. The van der Waals surface area contributed by atoms with Crippen molar-refractivity contribution in [2.75, 3.05) is 6.54 Å². The second kappa shape index (κ2) is 7.00. The van der Waals surface area contributed by atoms with Crippen LogP contribution in [0.4, 0.5) is 5.69 Å². The van der Waals surface area contributed by atoms with E-state index < -0.39 is 4.92 Å². The minimum Gasteiger partial charge on any atom is -0.354 e. The second-order valence-corrected chi connectivity index (χ2v) is 4.95. The maximum absolute atomic E-state index is 11.8. The highest BCUT2D eigenvalue weighted by molar-refractivity contribution is 5.78. The summed E-state index contributed by atoms with van der Waals surface area (Å²) in [5, 5.41) is 13.3. The zero-order chi connectivity index (χ0) is 15.2. The Bertz CT molecular complexity index is 467. The van der Waals surface area contributed by atoms with Gasteiger partial charge in [-0.15, -0.1) is 0 Å². The van der Waals surface area contributed by atoms with Crippen molar-refractivity contribution in [2.45, 2.75) is 38.6 Å². The van der Waals surface area contributed by atoms with Gasteiger partial charge in [-0.2, -0.15) is 0 Å². The molecule has 0 aliphatic carbocycles. The van der Waals surface area contributed by atoms with Crippen LogP contribution in [-0.2, 0) is 11.2 Å². The first kappa shape index (κ1) is 16.1. The summed E-state index contributed by atoms with van der Waals surface area (Å²) in [5.74, 6) is -0.129. The molecule has 1 amide bonds. The molecular weight excluding hydrogens is 258 g/mol. The third kappa shape index (κ3) is 4.62. The molecule has 0 bridgehead atoms. The number of rotatable bonds is 7. The molecule has 1 aromatic carbocycles. The molecule has 0 saturated carbocycles.